The number of hydrogen-bond donors (Lipinski definition) is 2. The first kappa shape index (κ1) is 28.6. The average molecular weight is 575 g/mol. The summed E-state index contributed by atoms with van der Waals surface area (Å²) in [6.45, 7) is 8.32. The van der Waals surface area contributed by atoms with Gasteiger partial charge in [-0.1, -0.05) is 19.9 Å². The molecule has 0 spiro atoms. The Morgan fingerprint density at radius 2 is 1.86 bits per heavy atom. The largest absolute Gasteiger partial charge is 0.508 e. The minimum atomic E-state index is -0.212. The molecule has 3 aliphatic carbocycles. The van der Waals surface area contributed by atoms with E-state index in [1.165, 1.54) is 43.4 Å². The van der Waals surface area contributed by atoms with Crippen molar-refractivity contribution in [3.8, 4) is 17.2 Å². The van der Waals surface area contributed by atoms with Crippen molar-refractivity contribution < 1.29 is 28.9 Å². The lowest BCUT2D eigenvalue weighted by atomic mass is 9.55. The van der Waals surface area contributed by atoms with Crippen molar-refractivity contribution in [2.45, 2.75) is 91.1 Å². The van der Waals surface area contributed by atoms with Crippen LogP contribution in [-0.4, -0.2) is 28.9 Å². The van der Waals surface area contributed by atoms with E-state index >= 15 is 0 Å². The van der Waals surface area contributed by atoms with Gasteiger partial charge in [0.2, 0.25) is 0 Å². The summed E-state index contributed by atoms with van der Waals surface area (Å²) in [4.78, 5) is 23.4. The van der Waals surface area contributed by atoms with Crippen LogP contribution in [0.3, 0.4) is 0 Å². The zero-order valence-electron chi connectivity index (χ0n) is 25.1. The van der Waals surface area contributed by atoms with Gasteiger partial charge in [0.05, 0.1) is 6.61 Å². The lowest BCUT2D eigenvalue weighted by Gasteiger charge is -2.50. The van der Waals surface area contributed by atoms with Gasteiger partial charge in [-0.15, -0.1) is 0 Å². The van der Waals surface area contributed by atoms with Crippen LogP contribution in [0, 0.1) is 30.1 Å². The van der Waals surface area contributed by atoms with E-state index in [9.17, 15) is 19.8 Å². The van der Waals surface area contributed by atoms with Gasteiger partial charge < -0.3 is 24.1 Å². The van der Waals surface area contributed by atoms with E-state index in [0.717, 1.165) is 25.7 Å². The molecule has 2 heterocycles. The minimum absolute atomic E-state index is 0.00958. The van der Waals surface area contributed by atoms with Crippen LogP contribution in [0.2, 0.25) is 0 Å². The standard InChI is InChI=1S/C20H26O3.C15H16O4/c1-12(21)23-19-8-7-18-17-5-3-13-11-14(22)4-6-15(13)16(17)9-10-20(18,19)2;1-8-3-4-10-12(18-7-8)6-13-14(15(10)17)11(16)5-9(2)19-13/h4,6,11,16-19,22H,3,5,7-10H2,1-2H3;5-6,8,17H,3-4,7H2,1-2H3. The van der Waals surface area contributed by atoms with Crippen molar-refractivity contribution >= 4 is 16.9 Å². The van der Waals surface area contributed by atoms with Crippen molar-refractivity contribution in [2.75, 3.05) is 6.61 Å². The highest BCUT2D eigenvalue weighted by atomic mass is 16.5. The van der Waals surface area contributed by atoms with Crippen molar-refractivity contribution in [1.82, 2.24) is 0 Å². The lowest BCUT2D eigenvalue weighted by molar-refractivity contribution is -0.154. The molecule has 2 aromatic carbocycles. The van der Waals surface area contributed by atoms with Gasteiger partial charge in [-0.3, -0.25) is 9.59 Å². The smallest absolute Gasteiger partial charge is 0.302 e. The number of hydrogen-bond acceptors (Lipinski definition) is 7. The van der Waals surface area contributed by atoms with Gasteiger partial charge in [-0.25, -0.2) is 0 Å². The third-order valence-electron chi connectivity index (χ3n) is 10.5. The second kappa shape index (κ2) is 11.0. The Hall–Kier alpha value is -3.48. The summed E-state index contributed by atoms with van der Waals surface area (Å²) in [5.41, 5.74) is 3.84. The van der Waals surface area contributed by atoms with Crippen LogP contribution < -0.4 is 10.2 Å². The third-order valence-corrected chi connectivity index (χ3v) is 10.5. The van der Waals surface area contributed by atoms with Crippen LogP contribution in [-0.2, 0) is 22.4 Å². The maximum Gasteiger partial charge on any atom is 0.302 e. The number of aryl methyl sites for hydroxylation is 2. The Kier molecular flexibility index (Phi) is 7.48. The molecule has 0 amide bonds. The molecule has 1 aliphatic heterocycles. The number of esters is 1. The van der Waals surface area contributed by atoms with E-state index in [4.69, 9.17) is 13.9 Å². The fourth-order valence-electron chi connectivity index (χ4n) is 8.43. The highest BCUT2D eigenvalue weighted by Crippen LogP contribution is 2.61. The number of ether oxygens (including phenoxy) is 2. The number of fused-ring (bicyclic) bond motifs is 7. The van der Waals surface area contributed by atoms with Gasteiger partial charge in [-0.2, -0.15) is 0 Å². The van der Waals surface area contributed by atoms with Gasteiger partial charge >= 0.3 is 5.97 Å². The fourth-order valence-corrected chi connectivity index (χ4v) is 8.43. The first-order valence-corrected chi connectivity index (χ1v) is 15.5. The van der Waals surface area contributed by atoms with E-state index in [1.54, 1.807) is 13.0 Å². The Bertz CT molecular complexity index is 1570. The summed E-state index contributed by atoms with van der Waals surface area (Å²) in [6.07, 6.45) is 8.53. The Morgan fingerprint density at radius 1 is 1.05 bits per heavy atom. The number of aromatic hydroxyl groups is 2. The number of rotatable bonds is 1. The molecule has 2 saturated carbocycles. The van der Waals surface area contributed by atoms with Crippen LogP contribution in [0.25, 0.3) is 11.0 Å². The molecule has 0 bridgehead atoms. The minimum Gasteiger partial charge on any atom is -0.508 e. The predicted octanol–water partition coefficient (Wildman–Crippen LogP) is 6.95. The Morgan fingerprint density at radius 3 is 2.64 bits per heavy atom. The van der Waals surface area contributed by atoms with E-state index in [0.29, 0.717) is 65.1 Å². The first-order chi connectivity index (χ1) is 20.0. The normalized spacial score (nSPS) is 29.5. The summed E-state index contributed by atoms with van der Waals surface area (Å²) in [7, 11) is 0. The number of carbonyl (C=O) groups excluding carboxylic acids is 1. The molecule has 6 unspecified atom stereocenters. The number of phenols is 2. The number of phenolic OH excluding ortho intramolecular Hbond substituents is 2. The number of carbonyl (C=O) groups is 1. The van der Waals surface area contributed by atoms with E-state index < -0.39 is 0 Å². The van der Waals surface area contributed by atoms with Crippen LogP contribution in [0.4, 0.5) is 0 Å². The van der Waals surface area contributed by atoms with Crippen molar-refractivity contribution in [2.24, 2.45) is 23.2 Å². The molecule has 3 aromatic rings. The molecule has 2 fully saturated rings. The molecule has 2 N–H and O–H groups in total. The van der Waals surface area contributed by atoms with E-state index in [1.807, 2.05) is 12.1 Å². The SMILES string of the molecule is CC(=O)OC1CCC2C3CCc4cc(O)ccc4C3CCC12C.Cc1cc(=O)c2c(O)c3c(cc2o1)OCC(C)CC3. The summed E-state index contributed by atoms with van der Waals surface area (Å²) >= 11 is 0. The second-order valence-electron chi connectivity index (χ2n) is 13.3. The molecule has 4 aliphatic rings. The highest BCUT2D eigenvalue weighted by molar-refractivity contribution is 5.87. The monoisotopic (exact) mass is 574 g/mol. The molecule has 7 heteroatoms. The second-order valence-corrected chi connectivity index (χ2v) is 13.3. The van der Waals surface area contributed by atoms with Crippen molar-refractivity contribution in [1.29, 1.82) is 0 Å². The molecule has 0 radical (unpaired) electrons. The zero-order chi connectivity index (χ0) is 29.8. The van der Waals surface area contributed by atoms with Gasteiger partial charge in [0.25, 0.3) is 0 Å². The quantitative estimate of drug-likeness (QED) is 0.303. The summed E-state index contributed by atoms with van der Waals surface area (Å²) in [5.74, 6) is 3.83. The predicted molar refractivity (Wildman–Crippen MR) is 160 cm³/mol. The van der Waals surface area contributed by atoms with Crippen molar-refractivity contribution in [3.63, 3.8) is 0 Å². The third kappa shape index (κ3) is 5.05. The van der Waals surface area contributed by atoms with Crippen LogP contribution in [0.1, 0.15) is 87.7 Å². The van der Waals surface area contributed by atoms with Gasteiger partial charge in [0.15, 0.2) is 5.43 Å². The lowest BCUT2D eigenvalue weighted by Crippen LogP contribution is -2.45. The maximum atomic E-state index is 12.0. The molecular formula is C35H42O7. The highest BCUT2D eigenvalue weighted by Gasteiger charge is 2.56. The average Bonchev–Trinajstić information content (AvgIpc) is 3.13. The molecule has 1 aromatic heterocycles. The molecule has 6 atom stereocenters. The van der Waals surface area contributed by atoms with E-state index in [2.05, 4.69) is 19.9 Å². The molecule has 0 saturated heterocycles. The van der Waals surface area contributed by atoms with Gasteiger partial charge in [0, 0.05) is 30.0 Å². The molecule has 7 rings (SSSR count). The summed E-state index contributed by atoms with van der Waals surface area (Å²) < 4.78 is 16.9. The molecule has 7 nitrogen and oxygen atoms in total. The molecular weight excluding hydrogens is 532 g/mol. The van der Waals surface area contributed by atoms with Gasteiger partial charge in [-0.05, 0) is 105 Å². The number of benzene rings is 2. The van der Waals surface area contributed by atoms with Crippen molar-refractivity contribution in [3.05, 3.63) is 63.0 Å². The molecule has 42 heavy (non-hydrogen) atoms. The molecule has 224 valence electrons. The van der Waals surface area contributed by atoms with Gasteiger partial charge in [0.1, 0.15) is 40.1 Å². The first-order valence-electron chi connectivity index (χ1n) is 15.5. The van der Waals surface area contributed by atoms with Crippen LogP contribution in [0.5, 0.6) is 17.2 Å². The summed E-state index contributed by atoms with van der Waals surface area (Å²) in [5, 5.41) is 20.3. The maximum absolute atomic E-state index is 12.0. The topological polar surface area (TPSA) is 106 Å². The Balaban J connectivity index is 0.000000153. The van der Waals surface area contributed by atoms with Crippen LogP contribution >= 0.6 is 0 Å². The zero-order valence-corrected chi connectivity index (χ0v) is 25.1. The fraction of sp³-hybridized carbons (Fsp3) is 0.543. The van der Waals surface area contributed by atoms with E-state index in [-0.39, 0.29) is 34.1 Å². The Labute approximate surface area is 246 Å². The van der Waals surface area contributed by atoms with Crippen LogP contribution in [0.15, 0.2) is 39.5 Å². The summed E-state index contributed by atoms with van der Waals surface area (Å²) in [6, 6.07) is 9.05.